The van der Waals surface area contributed by atoms with Crippen molar-refractivity contribution in [2.45, 2.75) is 26.2 Å². The van der Waals surface area contributed by atoms with Crippen LogP contribution in [0.3, 0.4) is 0 Å². The van der Waals surface area contributed by atoms with Crippen molar-refractivity contribution in [2.75, 3.05) is 19.9 Å². The predicted molar refractivity (Wildman–Crippen MR) is 136 cm³/mol. The number of amides is 3. The maximum Gasteiger partial charge on any atom is 0.264 e. The predicted octanol–water partition coefficient (Wildman–Crippen LogP) is 2.42. The molecule has 0 aliphatic carbocycles. The second kappa shape index (κ2) is 10.3. The van der Waals surface area contributed by atoms with Crippen molar-refractivity contribution in [3.8, 4) is 11.5 Å². The Morgan fingerprint density at radius 2 is 1.54 bits per heavy atom. The van der Waals surface area contributed by atoms with E-state index < -0.39 is 12.1 Å². The summed E-state index contributed by atoms with van der Waals surface area (Å²) in [4.78, 5) is 43.5. The molecule has 3 aromatic rings. The SMILES string of the molecule is Cc1cccc(C(=O)N2CCN(C(=O)c3ccc4c(c3)OCO4)C2C(=O)NCc2cccc(CN)c2)c1. The van der Waals surface area contributed by atoms with Crippen LogP contribution in [0.25, 0.3) is 0 Å². The van der Waals surface area contributed by atoms with E-state index in [4.69, 9.17) is 15.2 Å². The van der Waals surface area contributed by atoms with E-state index in [1.807, 2.05) is 37.3 Å². The number of carbonyl (C=O) groups is 3. The quantitative estimate of drug-likeness (QED) is 0.537. The highest BCUT2D eigenvalue weighted by atomic mass is 16.7. The molecule has 0 radical (unpaired) electrons. The van der Waals surface area contributed by atoms with Gasteiger partial charge in [0.2, 0.25) is 6.79 Å². The third kappa shape index (κ3) is 4.99. The summed E-state index contributed by atoms with van der Waals surface area (Å²) in [7, 11) is 0. The number of benzene rings is 3. The molecule has 0 spiro atoms. The smallest absolute Gasteiger partial charge is 0.264 e. The van der Waals surface area contributed by atoms with Crippen LogP contribution in [0.2, 0.25) is 0 Å². The molecule has 1 atom stereocenters. The van der Waals surface area contributed by atoms with Crippen LogP contribution in [0.4, 0.5) is 0 Å². The summed E-state index contributed by atoms with van der Waals surface area (Å²) >= 11 is 0. The van der Waals surface area contributed by atoms with Crippen molar-refractivity contribution >= 4 is 17.7 Å². The van der Waals surface area contributed by atoms with Crippen LogP contribution in [0.1, 0.15) is 37.4 Å². The summed E-state index contributed by atoms with van der Waals surface area (Å²) in [5.41, 5.74) is 9.31. The molecule has 2 heterocycles. The topological polar surface area (TPSA) is 114 Å². The highest BCUT2D eigenvalue weighted by molar-refractivity contribution is 6.02. The molecule has 0 bridgehead atoms. The number of hydrogen-bond donors (Lipinski definition) is 2. The number of nitrogens with zero attached hydrogens (tertiary/aromatic N) is 2. The summed E-state index contributed by atoms with van der Waals surface area (Å²) < 4.78 is 10.8. The molecule has 1 unspecified atom stereocenters. The lowest BCUT2D eigenvalue weighted by molar-refractivity contribution is -0.128. The van der Waals surface area contributed by atoms with Crippen molar-refractivity contribution in [3.05, 3.63) is 94.5 Å². The number of fused-ring (bicyclic) bond motifs is 1. The fourth-order valence-corrected chi connectivity index (χ4v) is 4.62. The molecule has 3 N–H and O–H groups in total. The Hall–Kier alpha value is -4.37. The zero-order valence-electron chi connectivity index (χ0n) is 20.5. The van der Waals surface area contributed by atoms with Gasteiger partial charge in [0.05, 0.1) is 0 Å². The third-order valence-electron chi connectivity index (χ3n) is 6.51. The lowest BCUT2D eigenvalue weighted by atomic mass is 10.1. The van der Waals surface area contributed by atoms with Crippen LogP contribution in [0.5, 0.6) is 11.5 Å². The minimum absolute atomic E-state index is 0.0891. The number of ether oxygens (including phenoxy) is 2. The summed E-state index contributed by atoms with van der Waals surface area (Å²) in [6, 6.07) is 19.7. The lowest BCUT2D eigenvalue weighted by Gasteiger charge is -2.29. The number of aryl methyl sites for hydroxylation is 1. The van der Waals surface area contributed by atoms with Gasteiger partial charge in [-0.05, 0) is 48.4 Å². The van der Waals surface area contributed by atoms with Gasteiger partial charge in [-0.3, -0.25) is 14.4 Å². The van der Waals surface area contributed by atoms with E-state index in [0.717, 1.165) is 16.7 Å². The first-order valence-corrected chi connectivity index (χ1v) is 12.1. The van der Waals surface area contributed by atoms with Crippen LogP contribution in [0, 0.1) is 6.92 Å². The second-order valence-corrected chi connectivity index (χ2v) is 9.05. The van der Waals surface area contributed by atoms with Gasteiger partial charge in [-0.2, -0.15) is 0 Å². The first-order chi connectivity index (χ1) is 17.9. The van der Waals surface area contributed by atoms with Gasteiger partial charge in [-0.1, -0.05) is 42.0 Å². The molecule has 9 nitrogen and oxygen atoms in total. The Balaban J connectivity index is 1.42. The van der Waals surface area contributed by atoms with Crippen LogP contribution < -0.4 is 20.5 Å². The first kappa shape index (κ1) is 24.3. The minimum Gasteiger partial charge on any atom is -0.454 e. The van der Waals surface area contributed by atoms with E-state index in [1.165, 1.54) is 9.80 Å². The van der Waals surface area contributed by atoms with Gasteiger partial charge >= 0.3 is 0 Å². The van der Waals surface area contributed by atoms with Gasteiger partial charge in [0, 0.05) is 37.3 Å². The van der Waals surface area contributed by atoms with Gasteiger partial charge in [0.25, 0.3) is 17.7 Å². The number of nitrogens with one attached hydrogen (secondary N) is 1. The Morgan fingerprint density at radius 3 is 2.27 bits per heavy atom. The molecule has 3 amide bonds. The van der Waals surface area contributed by atoms with Crippen LogP contribution in [-0.4, -0.2) is 53.6 Å². The molecule has 0 aromatic heterocycles. The summed E-state index contributed by atoms with van der Waals surface area (Å²) in [6.07, 6.45) is -1.11. The number of rotatable bonds is 6. The summed E-state index contributed by atoms with van der Waals surface area (Å²) in [5, 5.41) is 2.91. The van der Waals surface area contributed by atoms with E-state index in [9.17, 15) is 14.4 Å². The van der Waals surface area contributed by atoms with Gasteiger partial charge in [0.15, 0.2) is 17.7 Å². The Bertz CT molecular complexity index is 1360. The van der Waals surface area contributed by atoms with Crippen molar-refractivity contribution in [2.24, 2.45) is 5.73 Å². The molecule has 3 aromatic carbocycles. The number of nitrogens with two attached hydrogens (primary N) is 1. The fourth-order valence-electron chi connectivity index (χ4n) is 4.62. The van der Waals surface area contributed by atoms with Crippen molar-refractivity contribution in [3.63, 3.8) is 0 Å². The Morgan fingerprint density at radius 1 is 0.865 bits per heavy atom. The molecule has 5 rings (SSSR count). The monoisotopic (exact) mass is 500 g/mol. The molecule has 0 saturated carbocycles. The normalized spacial score (nSPS) is 16.1. The minimum atomic E-state index is -1.11. The maximum absolute atomic E-state index is 13.6. The molecule has 2 aliphatic rings. The molecule has 1 saturated heterocycles. The molecule has 9 heteroatoms. The summed E-state index contributed by atoms with van der Waals surface area (Å²) in [5.74, 6) is -0.0920. The van der Waals surface area contributed by atoms with Crippen molar-refractivity contribution < 1.29 is 23.9 Å². The highest BCUT2D eigenvalue weighted by Gasteiger charge is 2.43. The molecule has 2 aliphatic heterocycles. The van der Waals surface area contributed by atoms with E-state index in [0.29, 0.717) is 29.2 Å². The van der Waals surface area contributed by atoms with Crippen molar-refractivity contribution in [1.82, 2.24) is 15.1 Å². The summed E-state index contributed by atoms with van der Waals surface area (Å²) in [6.45, 7) is 3.06. The second-order valence-electron chi connectivity index (χ2n) is 9.05. The molecule has 190 valence electrons. The molecule has 1 fully saturated rings. The number of carbonyl (C=O) groups excluding carboxylic acids is 3. The van der Waals surface area contributed by atoms with E-state index in [1.54, 1.807) is 36.4 Å². The van der Waals surface area contributed by atoms with Crippen LogP contribution in [0.15, 0.2) is 66.7 Å². The first-order valence-electron chi connectivity index (χ1n) is 12.1. The average molecular weight is 501 g/mol. The highest BCUT2D eigenvalue weighted by Crippen LogP contribution is 2.33. The van der Waals surface area contributed by atoms with Crippen molar-refractivity contribution in [1.29, 1.82) is 0 Å². The molecular weight excluding hydrogens is 472 g/mol. The van der Waals surface area contributed by atoms with E-state index >= 15 is 0 Å². The zero-order chi connectivity index (χ0) is 25.9. The Labute approximate surface area is 214 Å². The van der Waals surface area contributed by atoms with Gasteiger partial charge < -0.3 is 30.3 Å². The van der Waals surface area contributed by atoms with E-state index in [-0.39, 0.29) is 38.2 Å². The zero-order valence-corrected chi connectivity index (χ0v) is 20.5. The Kier molecular flexibility index (Phi) is 6.78. The largest absolute Gasteiger partial charge is 0.454 e. The van der Waals surface area contributed by atoms with Gasteiger partial charge in [-0.15, -0.1) is 0 Å². The van der Waals surface area contributed by atoms with Gasteiger partial charge in [0.1, 0.15) is 0 Å². The third-order valence-corrected chi connectivity index (χ3v) is 6.51. The number of hydrogen-bond acceptors (Lipinski definition) is 6. The van der Waals surface area contributed by atoms with Gasteiger partial charge in [-0.25, -0.2) is 0 Å². The average Bonchev–Trinajstić information content (AvgIpc) is 3.58. The van der Waals surface area contributed by atoms with E-state index in [2.05, 4.69) is 5.32 Å². The molecule has 37 heavy (non-hydrogen) atoms. The van der Waals surface area contributed by atoms with Crippen LogP contribution >= 0.6 is 0 Å². The standard InChI is InChI=1S/C28H28N4O5/c1-18-4-2-7-21(12-18)27(34)31-10-11-32(28(35)22-8-9-23-24(14-22)37-17-36-23)26(31)25(33)30-16-20-6-3-5-19(13-20)15-29/h2-9,12-14,26H,10-11,15-17,29H2,1H3,(H,30,33). The molecular formula is C28H28N4O5. The van der Waals surface area contributed by atoms with Crippen LogP contribution in [-0.2, 0) is 17.9 Å². The maximum atomic E-state index is 13.6. The lowest BCUT2D eigenvalue weighted by Crippen LogP contribution is -2.53. The fraction of sp³-hybridized carbons (Fsp3) is 0.250.